The van der Waals surface area contributed by atoms with Gasteiger partial charge in [0, 0.05) is 18.8 Å². The number of nitrogens with zero attached hydrogens (tertiary/aromatic N) is 1. The summed E-state index contributed by atoms with van der Waals surface area (Å²) in [5, 5.41) is 7.90. The van der Waals surface area contributed by atoms with Gasteiger partial charge in [0.05, 0.1) is 18.1 Å². The highest BCUT2D eigenvalue weighted by molar-refractivity contribution is 7.89. The van der Waals surface area contributed by atoms with E-state index in [1.165, 1.54) is 12.1 Å². The molecule has 1 saturated heterocycles. The first kappa shape index (κ1) is 15.7. The minimum absolute atomic E-state index is 0.0112. The summed E-state index contributed by atoms with van der Waals surface area (Å²) in [4.78, 5) is 13.8. The van der Waals surface area contributed by atoms with Gasteiger partial charge in [-0.2, -0.15) is 0 Å². The minimum Gasteiger partial charge on any atom is -0.378 e. The lowest BCUT2D eigenvalue weighted by Crippen LogP contribution is -2.43. The number of ether oxygens (including phenoxy) is 1. The highest BCUT2D eigenvalue weighted by Crippen LogP contribution is 2.24. The molecule has 0 unspecified atom stereocenters. The van der Waals surface area contributed by atoms with Crippen LogP contribution in [0.1, 0.15) is 11.1 Å². The molecule has 2 amide bonds. The molecule has 0 aromatic heterocycles. The predicted molar refractivity (Wildman–Crippen MR) is 78.7 cm³/mol. The SMILES string of the molecule is Cc1cc(S(N)(=O)=O)cc(NC(=O)N2CCOCC2)c1C. The first-order chi connectivity index (χ1) is 9.79. The fourth-order valence-corrected chi connectivity index (χ4v) is 2.70. The van der Waals surface area contributed by atoms with Crippen LogP contribution in [-0.4, -0.2) is 45.7 Å². The van der Waals surface area contributed by atoms with E-state index in [-0.39, 0.29) is 10.9 Å². The molecule has 0 bridgehead atoms. The summed E-state index contributed by atoms with van der Waals surface area (Å²) < 4.78 is 28.1. The summed E-state index contributed by atoms with van der Waals surface area (Å²) >= 11 is 0. The molecule has 1 aromatic rings. The second kappa shape index (κ2) is 6.00. The molecular weight excluding hydrogens is 294 g/mol. The Hall–Kier alpha value is -1.64. The van der Waals surface area contributed by atoms with E-state index in [0.29, 0.717) is 32.0 Å². The predicted octanol–water partition coefficient (Wildman–Crippen LogP) is 0.815. The zero-order chi connectivity index (χ0) is 15.6. The van der Waals surface area contributed by atoms with Crippen molar-refractivity contribution in [2.45, 2.75) is 18.7 Å². The third-order valence-corrected chi connectivity index (χ3v) is 4.40. The molecule has 116 valence electrons. The van der Waals surface area contributed by atoms with Crippen LogP contribution < -0.4 is 10.5 Å². The Morgan fingerprint density at radius 1 is 1.29 bits per heavy atom. The lowest BCUT2D eigenvalue weighted by Gasteiger charge is -2.27. The largest absolute Gasteiger partial charge is 0.378 e. The van der Waals surface area contributed by atoms with Crippen molar-refractivity contribution in [1.29, 1.82) is 0 Å². The average molecular weight is 313 g/mol. The maximum atomic E-state index is 12.2. The van der Waals surface area contributed by atoms with Crippen LogP contribution in [0.15, 0.2) is 17.0 Å². The Balaban J connectivity index is 2.26. The lowest BCUT2D eigenvalue weighted by molar-refractivity contribution is 0.0564. The summed E-state index contributed by atoms with van der Waals surface area (Å²) in [6.07, 6.45) is 0. The van der Waals surface area contributed by atoms with Crippen LogP contribution in [0, 0.1) is 13.8 Å². The number of aryl methyl sites for hydroxylation is 1. The highest BCUT2D eigenvalue weighted by atomic mass is 32.2. The highest BCUT2D eigenvalue weighted by Gasteiger charge is 2.19. The van der Waals surface area contributed by atoms with Gasteiger partial charge in [0.25, 0.3) is 0 Å². The van der Waals surface area contributed by atoms with Gasteiger partial charge in [-0.05, 0) is 37.1 Å². The number of carbonyl (C=O) groups is 1. The summed E-state index contributed by atoms with van der Waals surface area (Å²) in [7, 11) is -3.81. The summed E-state index contributed by atoms with van der Waals surface area (Å²) in [6, 6.07) is 2.61. The number of amides is 2. The van der Waals surface area contributed by atoms with Crippen molar-refractivity contribution in [3.8, 4) is 0 Å². The Labute approximate surface area is 124 Å². The number of hydrogen-bond donors (Lipinski definition) is 2. The van der Waals surface area contributed by atoms with Crippen molar-refractivity contribution in [3.63, 3.8) is 0 Å². The van der Waals surface area contributed by atoms with Crippen LogP contribution in [0.3, 0.4) is 0 Å². The Bertz CT molecular complexity index is 652. The standard InChI is InChI=1S/C13H19N3O4S/c1-9-7-11(21(14,18)19)8-12(10(9)2)15-13(17)16-3-5-20-6-4-16/h7-8H,3-6H2,1-2H3,(H,15,17)(H2,14,18,19). The zero-order valence-corrected chi connectivity index (χ0v) is 12.9. The van der Waals surface area contributed by atoms with E-state index in [4.69, 9.17) is 9.88 Å². The normalized spacial score (nSPS) is 15.9. The van der Waals surface area contributed by atoms with Gasteiger partial charge in [-0.25, -0.2) is 18.4 Å². The molecule has 0 radical (unpaired) electrons. The molecule has 1 aromatic carbocycles. The van der Waals surface area contributed by atoms with Crippen molar-refractivity contribution >= 4 is 21.7 Å². The monoisotopic (exact) mass is 313 g/mol. The van der Waals surface area contributed by atoms with Crippen molar-refractivity contribution < 1.29 is 17.9 Å². The molecular formula is C13H19N3O4S. The van der Waals surface area contributed by atoms with Gasteiger partial charge >= 0.3 is 6.03 Å². The molecule has 3 N–H and O–H groups in total. The summed E-state index contributed by atoms with van der Waals surface area (Å²) in [5.74, 6) is 0. The molecule has 0 atom stereocenters. The molecule has 1 aliphatic rings. The number of urea groups is 1. The molecule has 8 heteroatoms. The van der Waals surface area contributed by atoms with Gasteiger partial charge in [-0.15, -0.1) is 0 Å². The topological polar surface area (TPSA) is 102 Å². The summed E-state index contributed by atoms with van der Waals surface area (Å²) in [6.45, 7) is 5.62. The molecule has 1 heterocycles. The maximum absolute atomic E-state index is 12.2. The molecule has 21 heavy (non-hydrogen) atoms. The third-order valence-electron chi connectivity index (χ3n) is 3.51. The number of nitrogens with two attached hydrogens (primary N) is 1. The number of hydrogen-bond acceptors (Lipinski definition) is 4. The van der Waals surface area contributed by atoms with E-state index in [1.54, 1.807) is 11.8 Å². The van der Waals surface area contributed by atoms with E-state index in [9.17, 15) is 13.2 Å². The van der Waals surface area contributed by atoms with Crippen LogP contribution in [0.25, 0.3) is 0 Å². The molecule has 0 saturated carbocycles. The van der Waals surface area contributed by atoms with E-state index in [0.717, 1.165) is 11.1 Å². The first-order valence-corrected chi connectivity index (χ1v) is 8.11. The minimum atomic E-state index is -3.81. The number of primary sulfonamides is 1. The number of benzene rings is 1. The average Bonchev–Trinajstić information content (AvgIpc) is 2.43. The van der Waals surface area contributed by atoms with Crippen LogP contribution in [0.4, 0.5) is 10.5 Å². The van der Waals surface area contributed by atoms with E-state index < -0.39 is 10.0 Å². The van der Waals surface area contributed by atoms with Crippen molar-refractivity contribution in [2.75, 3.05) is 31.6 Å². The molecule has 0 spiro atoms. The molecule has 0 aliphatic carbocycles. The number of nitrogens with one attached hydrogen (secondary N) is 1. The van der Waals surface area contributed by atoms with Crippen LogP contribution in [0.2, 0.25) is 0 Å². The van der Waals surface area contributed by atoms with E-state index in [2.05, 4.69) is 5.32 Å². The smallest absolute Gasteiger partial charge is 0.322 e. The third kappa shape index (κ3) is 3.72. The van der Waals surface area contributed by atoms with Crippen molar-refractivity contribution in [3.05, 3.63) is 23.3 Å². The number of sulfonamides is 1. The van der Waals surface area contributed by atoms with Gasteiger partial charge in [-0.1, -0.05) is 0 Å². The number of anilines is 1. The van der Waals surface area contributed by atoms with Crippen LogP contribution in [0.5, 0.6) is 0 Å². The van der Waals surface area contributed by atoms with Gasteiger partial charge in [0.2, 0.25) is 10.0 Å². The van der Waals surface area contributed by atoms with E-state index >= 15 is 0 Å². The maximum Gasteiger partial charge on any atom is 0.322 e. The van der Waals surface area contributed by atoms with Crippen LogP contribution >= 0.6 is 0 Å². The molecule has 2 rings (SSSR count). The fraction of sp³-hybridized carbons (Fsp3) is 0.462. The quantitative estimate of drug-likeness (QED) is 0.843. The Morgan fingerprint density at radius 2 is 1.90 bits per heavy atom. The molecule has 7 nitrogen and oxygen atoms in total. The molecule has 1 aliphatic heterocycles. The van der Waals surface area contributed by atoms with Crippen molar-refractivity contribution in [2.24, 2.45) is 5.14 Å². The number of rotatable bonds is 2. The molecule has 1 fully saturated rings. The first-order valence-electron chi connectivity index (χ1n) is 6.57. The fourth-order valence-electron chi connectivity index (χ4n) is 2.08. The second-order valence-corrected chi connectivity index (χ2v) is 6.55. The Kier molecular flexibility index (Phi) is 4.50. The summed E-state index contributed by atoms with van der Waals surface area (Å²) in [5.41, 5.74) is 2.01. The Morgan fingerprint density at radius 3 is 2.48 bits per heavy atom. The van der Waals surface area contributed by atoms with Gasteiger partial charge in [0.1, 0.15) is 0 Å². The van der Waals surface area contributed by atoms with Gasteiger partial charge in [0.15, 0.2) is 0 Å². The van der Waals surface area contributed by atoms with Crippen LogP contribution in [-0.2, 0) is 14.8 Å². The van der Waals surface area contributed by atoms with Gasteiger partial charge < -0.3 is 15.0 Å². The zero-order valence-electron chi connectivity index (χ0n) is 12.0. The van der Waals surface area contributed by atoms with E-state index in [1.807, 2.05) is 6.92 Å². The van der Waals surface area contributed by atoms with Gasteiger partial charge in [-0.3, -0.25) is 0 Å². The number of carbonyl (C=O) groups excluding carboxylic acids is 1. The lowest BCUT2D eigenvalue weighted by atomic mass is 10.1. The second-order valence-electron chi connectivity index (χ2n) is 4.99. The number of morpholine rings is 1. The van der Waals surface area contributed by atoms with Crippen molar-refractivity contribution in [1.82, 2.24) is 4.90 Å².